The minimum absolute atomic E-state index is 0.141. The molecule has 1 aromatic heterocycles. The summed E-state index contributed by atoms with van der Waals surface area (Å²) in [6, 6.07) is 20.7. The Kier molecular flexibility index (Phi) is 11.5. The lowest BCUT2D eigenvalue weighted by molar-refractivity contribution is 0.0895. The van der Waals surface area contributed by atoms with E-state index in [2.05, 4.69) is 14.0 Å². The van der Waals surface area contributed by atoms with Crippen LogP contribution in [-0.2, 0) is 38.1 Å². The number of benzene rings is 3. The first kappa shape index (κ1) is 40.7. The third-order valence-corrected chi connectivity index (χ3v) is 15.7. The molecule has 2 unspecified atom stereocenters. The number of nitrogens with zero attached hydrogens (tertiary/aromatic N) is 3. The number of sulfonamides is 1. The predicted molar refractivity (Wildman–Crippen MR) is 220 cm³/mol. The number of likely N-dealkylation sites (tertiary alicyclic amines) is 1. The second-order valence-corrected chi connectivity index (χ2v) is 19.9. The van der Waals surface area contributed by atoms with E-state index >= 15 is 0 Å². The zero-order valence-corrected chi connectivity index (χ0v) is 34.9. The largest absolute Gasteiger partial charge is 0.497 e. The van der Waals surface area contributed by atoms with E-state index in [-0.39, 0.29) is 56.5 Å². The molecule has 15 heteroatoms. The standard InChI is InChI=1S/C42H53N5O8S2/c1-28-36-25-32(54-5)17-19-34(36)39-38(30-14-10-7-11-15-30)35-18-16-31(40(48)43-57(52,53)45(3)4)24-37(35)47(39)27-42(28,2)44-56(50,51)33-20-22-46(23-21-33)41(49)55-26-29-12-8-6-9-13-29/h6,8-9,12-13,16-19,24-25,28,30,33,44H,7,10-11,14-15,20-23,26-27H2,1-5H3,(H,43,48). The molecule has 4 aromatic rings. The van der Waals surface area contributed by atoms with E-state index in [0.29, 0.717) is 5.75 Å². The Hall–Kier alpha value is -4.44. The van der Waals surface area contributed by atoms with Crippen molar-refractivity contribution in [1.29, 1.82) is 0 Å². The van der Waals surface area contributed by atoms with Gasteiger partial charge in [-0.2, -0.15) is 12.7 Å². The molecule has 306 valence electrons. The van der Waals surface area contributed by atoms with Crippen molar-refractivity contribution in [1.82, 2.24) is 23.2 Å². The second kappa shape index (κ2) is 16.1. The maximum atomic E-state index is 14.5. The van der Waals surface area contributed by atoms with Crippen LogP contribution < -0.4 is 14.2 Å². The summed E-state index contributed by atoms with van der Waals surface area (Å²) in [6.07, 6.45) is 5.38. The van der Waals surface area contributed by atoms with Crippen LogP contribution in [-0.4, -0.2) is 87.7 Å². The van der Waals surface area contributed by atoms with Gasteiger partial charge >= 0.3 is 16.3 Å². The summed E-state index contributed by atoms with van der Waals surface area (Å²) in [5, 5.41) is 0.220. The minimum atomic E-state index is -4.05. The maximum Gasteiger partial charge on any atom is 0.410 e. The monoisotopic (exact) mass is 819 g/mol. The number of hydrogen-bond acceptors (Lipinski definition) is 8. The number of ether oxygens (including phenoxy) is 2. The van der Waals surface area contributed by atoms with Gasteiger partial charge in [-0.1, -0.05) is 62.6 Å². The molecule has 2 amide bonds. The van der Waals surface area contributed by atoms with E-state index < -0.39 is 43.0 Å². The summed E-state index contributed by atoms with van der Waals surface area (Å²) in [5.41, 5.74) is 4.74. The average Bonchev–Trinajstić information content (AvgIpc) is 3.47. The summed E-state index contributed by atoms with van der Waals surface area (Å²) in [7, 11) is -3.68. The molecule has 1 aliphatic carbocycles. The van der Waals surface area contributed by atoms with E-state index in [0.717, 1.165) is 75.3 Å². The Bertz CT molecular complexity index is 2370. The van der Waals surface area contributed by atoms with Gasteiger partial charge in [0.15, 0.2) is 0 Å². The third kappa shape index (κ3) is 8.16. The molecule has 3 aliphatic rings. The highest BCUT2D eigenvalue weighted by Crippen LogP contribution is 2.50. The predicted octanol–water partition coefficient (Wildman–Crippen LogP) is 6.50. The molecule has 0 bridgehead atoms. The number of carbonyl (C=O) groups excluding carboxylic acids is 2. The highest BCUT2D eigenvalue weighted by Gasteiger charge is 2.45. The molecule has 2 aliphatic heterocycles. The molecule has 1 saturated carbocycles. The zero-order chi connectivity index (χ0) is 40.7. The normalized spacial score (nSPS) is 20.8. The van der Waals surface area contributed by atoms with Crippen molar-refractivity contribution < 1.29 is 35.9 Å². The fourth-order valence-electron chi connectivity index (χ4n) is 8.78. The van der Waals surface area contributed by atoms with Crippen molar-refractivity contribution in [3.8, 4) is 17.0 Å². The molecule has 2 fully saturated rings. The lowest BCUT2D eigenvalue weighted by atomic mass is 9.78. The zero-order valence-electron chi connectivity index (χ0n) is 33.3. The molecule has 3 aromatic carbocycles. The van der Waals surface area contributed by atoms with Crippen molar-refractivity contribution in [2.24, 2.45) is 0 Å². The van der Waals surface area contributed by atoms with Crippen molar-refractivity contribution in [2.75, 3.05) is 34.3 Å². The first-order valence-electron chi connectivity index (χ1n) is 19.7. The fourth-order valence-corrected chi connectivity index (χ4v) is 11.2. The highest BCUT2D eigenvalue weighted by molar-refractivity contribution is 7.90. The number of carbonyl (C=O) groups is 2. The van der Waals surface area contributed by atoms with Gasteiger partial charge in [0.05, 0.1) is 23.6 Å². The van der Waals surface area contributed by atoms with Crippen molar-refractivity contribution in [3.63, 3.8) is 0 Å². The molecule has 2 N–H and O–H groups in total. The summed E-state index contributed by atoms with van der Waals surface area (Å²) in [4.78, 5) is 28.0. The number of nitrogens with one attached hydrogen (secondary N) is 2. The van der Waals surface area contributed by atoms with Crippen LogP contribution >= 0.6 is 0 Å². The van der Waals surface area contributed by atoms with E-state index in [1.165, 1.54) is 14.1 Å². The van der Waals surface area contributed by atoms with Crippen molar-refractivity contribution in [2.45, 2.75) is 94.6 Å². The molecule has 0 radical (unpaired) electrons. The molecule has 0 spiro atoms. The van der Waals surface area contributed by atoms with Crippen LogP contribution in [0, 0.1) is 0 Å². The van der Waals surface area contributed by atoms with E-state index in [1.807, 2.05) is 68.4 Å². The Morgan fingerprint density at radius 2 is 1.61 bits per heavy atom. The molecule has 7 rings (SSSR count). The smallest absolute Gasteiger partial charge is 0.410 e. The molecule has 2 atom stereocenters. The number of piperidine rings is 1. The molecule has 1 saturated heterocycles. The van der Waals surface area contributed by atoms with Crippen molar-refractivity contribution >= 4 is 43.1 Å². The summed E-state index contributed by atoms with van der Waals surface area (Å²) in [5.74, 6) is -0.202. The Labute approximate surface area is 335 Å². The Morgan fingerprint density at radius 3 is 2.28 bits per heavy atom. The number of aromatic nitrogens is 1. The van der Waals surface area contributed by atoms with Gasteiger partial charge in [0.2, 0.25) is 10.0 Å². The number of fused-ring (bicyclic) bond motifs is 5. The highest BCUT2D eigenvalue weighted by atomic mass is 32.2. The van der Waals surface area contributed by atoms with Crippen LogP contribution in [0.5, 0.6) is 5.75 Å². The second-order valence-electron chi connectivity index (χ2n) is 16.1. The van der Waals surface area contributed by atoms with Gasteiger partial charge in [0.1, 0.15) is 12.4 Å². The van der Waals surface area contributed by atoms with E-state index in [1.54, 1.807) is 24.1 Å². The van der Waals surface area contributed by atoms with E-state index in [9.17, 15) is 26.4 Å². The van der Waals surface area contributed by atoms with Gasteiger partial charge in [0, 0.05) is 61.7 Å². The number of amides is 2. The molecule has 57 heavy (non-hydrogen) atoms. The van der Waals surface area contributed by atoms with Crippen LogP contribution in [0.15, 0.2) is 66.7 Å². The lowest BCUT2D eigenvalue weighted by Crippen LogP contribution is -2.56. The van der Waals surface area contributed by atoms with Gasteiger partial charge in [-0.25, -0.2) is 22.7 Å². The molecule has 13 nitrogen and oxygen atoms in total. The average molecular weight is 820 g/mol. The van der Waals surface area contributed by atoms with Gasteiger partial charge < -0.3 is 18.9 Å². The first-order valence-corrected chi connectivity index (χ1v) is 22.7. The third-order valence-electron chi connectivity index (χ3n) is 12.2. The molecular weight excluding hydrogens is 767 g/mol. The van der Waals surface area contributed by atoms with Gasteiger partial charge in [-0.15, -0.1) is 0 Å². The SMILES string of the molecule is COc1ccc2c(c1)C(C)C(C)(NS(=O)(=O)C1CCN(C(=O)OCc3ccccc3)CC1)Cn1c-2c(C2CCCCC2)c2ccc(C(=O)NS(=O)(=O)N(C)C)cc21. The van der Waals surface area contributed by atoms with Crippen LogP contribution in [0.3, 0.4) is 0 Å². The summed E-state index contributed by atoms with van der Waals surface area (Å²) >= 11 is 0. The topological polar surface area (TPSA) is 156 Å². The number of rotatable bonds is 10. The Balaban J connectivity index is 1.26. The fraction of sp³-hybridized carbons (Fsp3) is 0.476. The quantitative estimate of drug-likeness (QED) is 0.184. The van der Waals surface area contributed by atoms with E-state index in [4.69, 9.17) is 9.47 Å². The van der Waals surface area contributed by atoms with Crippen LogP contribution in [0.2, 0.25) is 0 Å². The summed E-state index contributed by atoms with van der Waals surface area (Å²) < 4.78 is 74.0. The molecule has 3 heterocycles. The van der Waals surface area contributed by atoms with Crippen LogP contribution in [0.1, 0.15) is 97.7 Å². The minimum Gasteiger partial charge on any atom is -0.497 e. The Morgan fingerprint density at radius 1 is 0.912 bits per heavy atom. The first-order chi connectivity index (χ1) is 27.1. The van der Waals surface area contributed by atoms with Gasteiger partial charge in [0.25, 0.3) is 5.91 Å². The lowest BCUT2D eigenvalue weighted by Gasteiger charge is -2.39. The van der Waals surface area contributed by atoms with Crippen LogP contribution in [0.4, 0.5) is 4.79 Å². The summed E-state index contributed by atoms with van der Waals surface area (Å²) in [6.45, 7) is 4.83. The van der Waals surface area contributed by atoms with Gasteiger partial charge in [-0.3, -0.25) is 4.79 Å². The number of methoxy groups -OCH3 is 1. The number of hydrogen-bond donors (Lipinski definition) is 2. The van der Waals surface area contributed by atoms with Gasteiger partial charge in [-0.05, 0) is 85.5 Å². The van der Waals surface area contributed by atoms with Crippen LogP contribution in [0.25, 0.3) is 22.2 Å². The van der Waals surface area contributed by atoms with Crippen molar-refractivity contribution in [3.05, 3.63) is 89.0 Å². The molecular formula is C42H53N5O8S2. The maximum absolute atomic E-state index is 14.5.